The van der Waals surface area contributed by atoms with Gasteiger partial charge in [-0.3, -0.25) is 4.98 Å². The van der Waals surface area contributed by atoms with Crippen molar-refractivity contribution < 1.29 is 18.3 Å². The van der Waals surface area contributed by atoms with Crippen molar-refractivity contribution in [3.05, 3.63) is 24.0 Å². The van der Waals surface area contributed by atoms with Gasteiger partial charge in [-0.15, -0.1) is 0 Å². The van der Waals surface area contributed by atoms with Gasteiger partial charge >= 0.3 is 6.09 Å². The average molecular weight is 312 g/mol. The van der Waals surface area contributed by atoms with Gasteiger partial charge in [0.1, 0.15) is 0 Å². The van der Waals surface area contributed by atoms with E-state index < -0.39 is 17.0 Å². The lowest BCUT2D eigenvalue weighted by atomic mass is 9.93. The third kappa shape index (κ3) is 4.40. The molecule has 1 aliphatic rings. The van der Waals surface area contributed by atoms with Gasteiger partial charge in [0.15, 0.2) is 0 Å². The molecule has 0 atom stereocenters. The molecule has 21 heavy (non-hydrogen) atoms. The fraction of sp³-hybridized carbons (Fsp3) is 0.538. The summed E-state index contributed by atoms with van der Waals surface area (Å²) >= 11 is 0. The van der Waals surface area contributed by atoms with Crippen LogP contribution >= 0.6 is 0 Å². The maximum Gasteiger partial charge on any atom is 0.407 e. The van der Waals surface area contributed by atoms with Crippen LogP contribution < -0.4 is 0 Å². The Morgan fingerprint density at radius 3 is 2.76 bits per heavy atom. The Morgan fingerprint density at radius 2 is 2.24 bits per heavy atom. The predicted molar refractivity (Wildman–Crippen MR) is 77.6 cm³/mol. The second-order valence-corrected chi connectivity index (χ2v) is 5.55. The zero-order valence-electron chi connectivity index (χ0n) is 11.8. The molecule has 1 aromatic heterocycles. The van der Waals surface area contributed by atoms with Crippen LogP contribution in [0.1, 0.15) is 31.4 Å². The normalized spacial score (nSPS) is 17.9. The summed E-state index contributed by atoms with van der Waals surface area (Å²) in [7, 11) is -1.68. The second-order valence-electron chi connectivity index (χ2n) is 4.70. The fourth-order valence-corrected chi connectivity index (χ4v) is 2.81. The Kier molecular flexibility index (Phi) is 5.51. The Morgan fingerprint density at radius 1 is 1.52 bits per heavy atom. The third-order valence-corrected chi connectivity index (χ3v) is 4.15. The van der Waals surface area contributed by atoms with E-state index in [1.165, 1.54) is 4.90 Å². The lowest BCUT2D eigenvalue weighted by Crippen LogP contribution is -2.36. The number of hydrogen-bond donors (Lipinski definition) is 1. The predicted octanol–water partition coefficient (Wildman–Crippen LogP) is 2.67. The van der Waals surface area contributed by atoms with Crippen LogP contribution in [-0.4, -0.2) is 40.8 Å². The first-order chi connectivity index (χ1) is 10.1. The number of amides is 1. The number of piperidine rings is 1. The van der Waals surface area contributed by atoms with Gasteiger partial charge in [-0.2, -0.15) is 0 Å². The van der Waals surface area contributed by atoms with Gasteiger partial charge in [0, 0.05) is 31.3 Å². The molecule has 2 rings (SSSR count). The highest BCUT2D eigenvalue weighted by atomic mass is 32.2. The van der Waals surface area contributed by atoms with Gasteiger partial charge in [0.2, 0.25) is 0 Å². The highest BCUT2D eigenvalue weighted by molar-refractivity contribution is 7.69. The van der Waals surface area contributed by atoms with Crippen LogP contribution in [0.3, 0.4) is 0 Å². The van der Waals surface area contributed by atoms with Crippen molar-refractivity contribution in [2.45, 2.75) is 25.7 Å². The van der Waals surface area contributed by atoms with Crippen molar-refractivity contribution >= 4 is 22.7 Å². The molecule has 0 aliphatic carbocycles. The van der Waals surface area contributed by atoms with Crippen LogP contribution in [0.5, 0.6) is 0 Å². The minimum absolute atomic E-state index is 0.257. The number of carbonyl (C=O) groups is 1. The summed E-state index contributed by atoms with van der Waals surface area (Å²) < 4.78 is 20.0. The highest BCUT2D eigenvalue weighted by Crippen LogP contribution is 2.27. The molecule has 1 N–H and O–H groups in total. The van der Waals surface area contributed by atoms with Crippen molar-refractivity contribution in [3.8, 4) is 0 Å². The van der Waals surface area contributed by atoms with Crippen LogP contribution in [0.25, 0.3) is 0 Å². The van der Waals surface area contributed by atoms with E-state index in [-0.39, 0.29) is 5.92 Å². The summed E-state index contributed by atoms with van der Waals surface area (Å²) in [5, 5.41) is 8.92. The van der Waals surface area contributed by atoms with E-state index in [0.29, 0.717) is 25.4 Å². The SMILES string of the molecule is CCO[S-](=O)=Nc1ccc(C2CCN(C(=O)O)CC2)nc1. The molecule has 0 bridgehead atoms. The van der Waals surface area contributed by atoms with Crippen molar-refractivity contribution in [1.29, 1.82) is 0 Å². The minimum atomic E-state index is -1.68. The van der Waals surface area contributed by atoms with Crippen LogP contribution in [0.2, 0.25) is 0 Å². The Balaban J connectivity index is 1.98. The van der Waals surface area contributed by atoms with Gasteiger partial charge in [-0.1, -0.05) is 10.9 Å². The fourth-order valence-electron chi connectivity index (χ4n) is 2.27. The molecule has 0 radical (unpaired) electrons. The summed E-state index contributed by atoms with van der Waals surface area (Å²) in [6.07, 6.45) is 2.23. The number of aromatic nitrogens is 1. The molecule has 1 aromatic rings. The molecule has 1 aliphatic heterocycles. The molecule has 1 saturated heterocycles. The first kappa shape index (κ1) is 15.7. The van der Waals surface area contributed by atoms with Crippen LogP contribution in [-0.2, 0) is 19.3 Å². The van der Waals surface area contributed by atoms with E-state index in [1.807, 2.05) is 6.07 Å². The largest absolute Gasteiger partial charge is 0.465 e. The summed E-state index contributed by atoms with van der Waals surface area (Å²) in [4.78, 5) is 16.6. The minimum Gasteiger partial charge on any atom is -0.465 e. The number of carboxylic acid groups (broad SMARTS) is 1. The Hall–Kier alpha value is -1.67. The maximum absolute atomic E-state index is 11.3. The lowest BCUT2D eigenvalue weighted by molar-refractivity contribution is 0.131. The van der Waals surface area contributed by atoms with Crippen LogP contribution in [0, 0.1) is 0 Å². The first-order valence-electron chi connectivity index (χ1n) is 6.81. The van der Waals surface area contributed by atoms with E-state index >= 15 is 0 Å². The average Bonchev–Trinajstić information content (AvgIpc) is 2.48. The molecule has 7 nitrogen and oxygen atoms in total. The van der Waals surface area contributed by atoms with Crippen molar-refractivity contribution in [1.82, 2.24) is 9.88 Å². The summed E-state index contributed by atoms with van der Waals surface area (Å²) in [6.45, 7) is 3.15. The molecule has 2 heterocycles. The van der Waals surface area contributed by atoms with E-state index in [0.717, 1.165) is 18.5 Å². The van der Waals surface area contributed by atoms with Gasteiger partial charge in [0.05, 0.1) is 11.9 Å². The van der Waals surface area contributed by atoms with Gasteiger partial charge < -0.3 is 22.8 Å². The lowest BCUT2D eigenvalue weighted by Gasteiger charge is -2.29. The van der Waals surface area contributed by atoms with Gasteiger partial charge in [0.25, 0.3) is 0 Å². The standard InChI is InChI=1S/C13H18N3O4S/c1-2-20-21(19)15-11-3-4-12(14-9-11)10-5-7-16(8-6-10)13(17)18/h3-4,9-10H,2,5-8H2,1H3,(H,17,18)/q-1. The zero-order chi connectivity index (χ0) is 15.2. The zero-order valence-corrected chi connectivity index (χ0v) is 12.6. The molecule has 0 saturated carbocycles. The monoisotopic (exact) mass is 312 g/mol. The quantitative estimate of drug-likeness (QED) is 0.863. The van der Waals surface area contributed by atoms with Crippen molar-refractivity contribution in [3.63, 3.8) is 0 Å². The number of likely N-dealkylation sites (tertiary alicyclic amines) is 1. The smallest absolute Gasteiger partial charge is 0.407 e. The van der Waals surface area contributed by atoms with Gasteiger partial charge in [-0.25, -0.2) is 4.79 Å². The summed E-state index contributed by atoms with van der Waals surface area (Å²) in [5.41, 5.74) is 1.43. The Bertz CT molecular complexity index is 561. The second kappa shape index (κ2) is 7.37. The molecule has 116 valence electrons. The number of hydrogen-bond acceptors (Lipinski definition) is 6. The van der Waals surface area contributed by atoms with Gasteiger partial charge in [-0.05, 0) is 31.9 Å². The summed E-state index contributed by atoms with van der Waals surface area (Å²) in [6, 6.07) is 3.60. The number of rotatable bonds is 4. The van der Waals surface area contributed by atoms with E-state index in [1.54, 1.807) is 19.2 Å². The molecule has 8 heteroatoms. The molecule has 1 amide bonds. The van der Waals surface area contributed by atoms with E-state index in [2.05, 4.69) is 9.35 Å². The third-order valence-electron chi connectivity index (χ3n) is 3.35. The molecular weight excluding hydrogens is 294 g/mol. The Labute approximate surface area is 125 Å². The molecule has 0 spiro atoms. The first-order valence-corrected chi connectivity index (χ1v) is 7.84. The number of pyridine rings is 1. The molecule has 0 aromatic carbocycles. The topological polar surface area (TPSA) is 92.1 Å². The number of nitrogens with zero attached hydrogens (tertiary/aromatic N) is 3. The van der Waals surface area contributed by atoms with E-state index in [9.17, 15) is 9.00 Å². The molecular formula is C13H18N3O4S-. The molecule has 1 fully saturated rings. The molecule has 0 unspecified atom stereocenters. The van der Waals surface area contributed by atoms with Crippen LogP contribution in [0.4, 0.5) is 10.5 Å². The van der Waals surface area contributed by atoms with Crippen molar-refractivity contribution in [2.75, 3.05) is 19.7 Å². The van der Waals surface area contributed by atoms with Crippen LogP contribution in [0.15, 0.2) is 22.7 Å². The highest BCUT2D eigenvalue weighted by Gasteiger charge is 2.23. The van der Waals surface area contributed by atoms with Crippen molar-refractivity contribution in [2.24, 2.45) is 4.36 Å². The summed E-state index contributed by atoms with van der Waals surface area (Å²) in [5.74, 6) is 0.257. The maximum atomic E-state index is 11.3. The van der Waals surface area contributed by atoms with E-state index in [4.69, 9.17) is 9.29 Å².